The quantitative estimate of drug-likeness (QED) is 0.582. The zero-order chi connectivity index (χ0) is 20.7. The Morgan fingerprint density at radius 3 is 2.68 bits per heavy atom. The van der Waals surface area contributed by atoms with Gasteiger partial charge in [-0.3, -0.25) is 4.79 Å². The fourth-order valence-electron chi connectivity index (χ4n) is 2.23. The summed E-state index contributed by atoms with van der Waals surface area (Å²) in [6.07, 6.45) is -4.50. The minimum Gasteiger partial charge on any atom is -0.422 e. The van der Waals surface area contributed by atoms with Gasteiger partial charge in [0, 0.05) is 14.1 Å². The normalized spacial score (nSPS) is 12.9. The third kappa shape index (κ3) is 4.07. The van der Waals surface area contributed by atoms with Crippen LogP contribution in [0.3, 0.4) is 0 Å². The number of fused-ring (bicyclic) bond motifs is 3. The molecule has 152 valence electrons. The van der Waals surface area contributed by atoms with E-state index in [1.54, 1.807) is 5.32 Å². The van der Waals surface area contributed by atoms with E-state index in [-0.39, 0.29) is 21.6 Å². The molecule has 0 saturated carbocycles. The maximum atomic E-state index is 12.3. The molecule has 1 amide bonds. The molecule has 0 spiro atoms. The Labute approximate surface area is 160 Å². The summed E-state index contributed by atoms with van der Waals surface area (Å²) < 4.78 is 69.0. The van der Waals surface area contributed by atoms with Crippen molar-refractivity contribution in [3.8, 4) is 0 Å². The number of aromatic nitrogens is 3. The molecule has 0 aliphatic carbocycles. The molecule has 1 N–H and O–H groups in total. The lowest BCUT2D eigenvalue weighted by atomic mass is 10.3. The van der Waals surface area contributed by atoms with Crippen LogP contribution in [0.15, 0.2) is 32.7 Å². The second-order valence-electron chi connectivity index (χ2n) is 5.80. The minimum absolute atomic E-state index is 0.0141. The Hall–Kier alpha value is -2.32. The first-order valence-corrected chi connectivity index (χ1v) is 10.1. The number of sulfonamides is 1. The Morgan fingerprint density at radius 2 is 2.04 bits per heavy atom. The summed E-state index contributed by atoms with van der Waals surface area (Å²) >= 11 is 0.844. The number of nitrogens with zero attached hydrogens (tertiary/aromatic N) is 4. The monoisotopic (exact) mass is 437 g/mol. The van der Waals surface area contributed by atoms with Gasteiger partial charge in [0.05, 0.1) is 16.2 Å². The molecule has 0 saturated heterocycles. The summed E-state index contributed by atoms with van der Waals surface area (Å²) in [7, 11) is -0.912. The van der Waals surface area contributed by atoms with Gasteiger partial charge in [-0.2, -0.15) is 13.2 Å². The van der Waals surface area contributed by atoms with Crippen molar-refractivity contribution in [2.24, 2.45) is 0 Å². The van der Waals surface area contributed by atoms with Crippen LogP contribution >= 0.6 is 11.8 Å². The fraction of sp³-hybridized carbons (Fsp3) is 0.357. The summed E-state index contributed by atoms with van der Waals surface area (Å²) in [6.45, 7) is -1.43. The summed E-state index contributed by atoms with van der Waals surface area (Å²) in [5.41, 5.74) is 0.687. The van der Waals surface area contributed by atoms with Gasteiger partial charge in [0.15, 0.2) is 10.7 Å². The Kier molecular flexibility index (Phi) is 5.29. The van der Waals surface area contributed by atoms with Crippen LogP contribution in [0, 0.1) is 0 Å². The molecule has 0 atom stereocenters. The van der Waals surface area contributed by atoms with Gasteiger partial charge in [0.2, 0.25) is 15.9 Å². The van der Waals surface area contributed by atoms with E-state index in [9.17, 15) is 26.4 Å². The minimum atomic E-state index is -4.50. The van der Waals surface area contributed by atoms with E-state index in [1.165, 1.54) is 36.7 Å². The predicted molar refractivity (Wildman–Crippen MR) is 93.4 cm³/mol. The third-order valence-electron chi connectivity index (χ3n) is 3.57. The highest BCUT2D eigenvalue weighted by atomic mass is 32.2. The highest BCUT2D eigenvalue weighted by Crippen LogP contribution is 2.28. The number of thioether (sulfide) groups is 1. The largest absolute Gasteiger partial charge is 0.422 e. The van der Waals surface area contributed by atoms with E-state index < -0.39 is 28.7 Å². The van der Waals surface area contributed by atoms with Gasteiger partial charge in [-0.25, -0.2) is 17.1 Å². The zero-order valence-corrected chi connectivity index (χ0v) is 16.2. The van der Waals surface area contributed by atoms with Crippen molar-refractivity contribution in [1.29, 1.82) is 0 Å². The number of oxazole rings is 1. The van der Waals surface area contributed by atoms with E-state index >= 15 is 0 Å². The van der Waals surface area contributed by atoms with Crippen LogP contribution in [0.1, 0.15) is 0 Å². The molecule has 9 nitrogen and oxygen atoms in total. The smallest absolute Gasteiger partial charge is 0.405 e. The highest BCUT2D eigenvalue weighted by molar-refractivity contribution is 7.99. The highest BCUT2D eigenvalue weighted by Gasteiger charge is 2.28. The number of benzene rings is 1. The van der Waals surface area contributed by atoms with Crippen molar-refractivity contribution in [3.05, 3.63) is 18.2 Å². The molecule has 2 aromatic heterocycles. The molecule has 14 heteroatoms. The molecule has 1 aromatic carbocycles. The zero-order valence-electron chi connectivity index (χ0n) is 14.5. The number of alkyl halides is 3. The average molecular weight is 437 g/mol. The molecule has 2 heterocycles. The molecule has 0 bridgehead atoms. The molecular formula is C14H14F3N5O4S2. The molecule has 0 unspecified atom stereocenters. The van der Waals surface area contributed by atoms with Crippen LogP contribution in [0.5, 0.6) is 0 Å². The topological polar surface area (TPSA) is 110 Å². The van der Waals surface area contributed by atoms with Crippen molar-refractivity contribution in [3.63, 3.8) is 0 Å². The molecular weight excluding hydrogens is 423 g/mol. The van der Waals surface area contributed by atoms with Crippen molar-refractivity contribution < 1.29 is 30.8 Å². The Morgan fingerprint density at radius 1 is 1.32 bits per heavy atom. The average Bonchev–Trinajstić information content (AvgIpc) is 3.16. The molecule has 28 heavy (non-hydrogen) atoms. The molecule has 3 rings (SSSR count). The maximum Gasteiger partial charge on any atom is 0.405 e. The van der Waals surface area contributed by atoms with Crippen LogP contribution in [0.4, 0.5) is 13.2 Å². The number of nitrogens with one attached hydrogen (secondary N) is 1. The number of carbonyl (C=O) groups is 1. The van der Waals surface area contributed by atoms with Gasteiger partial charge in [-0.15, -0.1) is 5.10 Å². The first kappa shape index (κ1) is 20.4. The van der Waals surface area contributed by atoms with Gasteiger partial charge in [0.25, 0.3) is 0 Å². The van der Waals surface area contributed by atoms with E-state index in [2.05, 4.69) is 10.2 Å². The number of rotatable bonds is 6. The second kappa shape index (κ2) is 7.25. The number of carbonyl (C=O) groups excluding carboxylic acids is 1. The number of hydrogen-bond donors (Lipinski definition) is 1. The SMILES string of the molecule is CN(C)S(=O)(=O)c1ccc2oc3nnc(SCC(=O)NCC(F)(F)F)n3c2c1. The van der Waals surface area contributed by atoms with Gasteiger partial charge in [-0.05, 0) is 18.2 Å². The van der Waals surface area contributed by atoms with Crippen LogP contribution in [0.25, 0.3) is 16.9 Å². The Bertz CT molecular complexity index is 1140. The third-order valence-corrected chi connectivity index (χ3v) is 6.31. The van der Waals surface area contributed by atoms with E-state index in [4.69, 9.17) is 4.42 Å². The standard InChI is InChI=1S/C14H14F3N5O4S2/c1-21(2)28(24,25)8-3-4-10-9(5-8)22-12(26-10)19-20-13(22)27-6-11(23)18-7-14(15,16)17/h3-5H,6-7H2,1-2H3,(H,18,23). The second-order valence-corrected chi connectivity index (χ2v) is 8.89. The first-order valence-electron chi connectivity index (χ1n) is 7.65. The summed E-state index contributed by atoms with van der Waals surface area (Å²) in [4.78, 5) is 11.6. The van der Waals surface area contributed by atoms with E-state index in [1.807, 2.05) is 0 Å². The molecule has 3 aromatic rings. The molecule has 0 aliphatic rings. The van der Waals surface area contributed by atoms with Crippen molar-refractivity contribution in [1.82, 2.24) is 24.2 Å². The van der Waals surface area contributed by atoms with Gasteiger partial charge in [-0.1, -0.05) is 16.9 Å². The lowest BCUT2D eigenvalue weighted by Gasteiger charge is -2.10. The van der Waals surface area contributed by atoms with Crippen LogP contribution < -0.4 is 5.32 Å². The van der Waals surface area contributed by atoms with Gasteiger partial charge >= 0.3 is 12.0 Å². The van der Waals surface area contributed by atoms with Crippen molar-refractivity contribution in [2.75, 3.05) is 26.4 Å². The summed E-state index contributed by atoms with van der Waals surface area (Å²) in [6, 6.07) is 4.22. The number of amides is 1. The first-order chi connectivity index (χ1) is 13.0. The van der Waals surface area contributed by atoms with Gasteiger partial charge < -0.3 is 9.73 Å². The summed E-state index contributed by atoms with van der Waals surface area (Å²) in [5, 5.41) is 9.56. The lowest BCUT2D eigenvalue weighted by molar-refractivity contribution is -0.136. The van der Waals surface area contributed by atoms with Crippen molar-refractivity contribution >= 4 is 44.6 Å². The molecule has 0 fully saturated rings. The fourth-order valence-corrected chi connectivity index (χ4v) is 3.92. The molecule has 0 aliphatic heterocycles. The van der Waals surface area contributed by atoms with Crippen LogP contribution in [-0.2, 0) is 14.8 Å². The molecule has 0 radical (unpaired) electrons. The van der Waals surface area contributed by atoms with Crippen molar-refractivity contribution in [2.45, 2.75) is 16.2 Å². The number of hydrogen-bond acceptors (Lipinski definition) is 7. The predicted octanol–water partition coefficient (Wildman–Crippen LogP) is 1.50. The lowest BCUT2D eigenvalue weighted by Crippen LogP contribution is -2.34. The van der Waals surface area contributed by atoms with Crippen LogP contribution in [0.2, 0.25) is 0 Å². The van der Waals surface area contributed by atoms with E-state index in [0.29, 0.717) is 11.1 Å². The summed E-state index contributed by atoms with van der Waals surface area (Å²) in [5.74, 6) is -1.10. The van der Waals surface area contributed by atoms with Gasteiger partial charge in [0.1, 0.15) is 6.54 Å². The van der Waals surface area contributed by atoms with E-state index in [0.717, 1.165) is 16.1 Å². The number of halogens is 3. The van der Waals surface area contributed by atoms with Crippen LogP contribution in [-0.4, -0.2) is 65.8 Å². The Balaban J connectivity index is 1.89. The maximum absolute atomic E-state index is 12.3.